The predicted molar refractivity (Wildman–Crippen MR) is 106 cm³/mol. The zero-order chi connectivity index (χ0) is 18.7. The van der Waals surface area contributed by atoms with E-state index < -0.39 is 10.0 Å². The molecule has 3 rings (SSSR count). The van der Waals surface area contributed by atoms with E-state index in [2.05, 4.69) is 33.7 Å². The zero-order valence-corrected chi connectivity index (χ0v) is 16.5. The number of nitrogens with one attached hydrogen (secondary N) is 1. The molecule has 2 aromatic carbocycles. The maximum absolute atomic E-state index is 12.6. The van der Waals surface area contributed by atoms with Crippen molar-refractivity contribution in [1.82, 2.24) is 9.62 Å². The highest BCUT2D eigenvalue weighted by Gasteiger charge is 2.17. The van der Waals surface area contributed by atoms with E-state index in [-0.39, 0.29) is 0 Å². The van der Waals surface area contributed by atoms with Crippen LogP contribution in [-0.4, -0.2) is 46.5 Å². The second-order valence-electron chi connectivity index (χ2n) is 7.05. The van der Waals surface area contributed by atoms with Crippen molar-refractivity contribution >= 4 is 15.7 Å². The summed E-state index contributed by atoms with van der Waals surface area (Å²) >= 11 is 0. The normalized spacial score (nSPS) is 16.0. The highest BCUT2D eigenvalue weighted by Crippen LogP contribution is 2.19. The van der Waals surface area contributed by atoms with Crippen LogP contribution in [0.15, 0.2) is 47.4 Å². The zero-order valence-electron chi connectivity index (χ0n) is 15.7. The number of hydrogen-bond acceptors (Lipinski definition) is 4. The Labute approximate surface area is 156 Å². The fraction of sp³-hybridized carbons (Fsp3) is 0.400. The fourth-order valence-electron chi connectivity index (χ4n) is 3.25. The monoisotopic (exact) mass is 373 g/mol. The molecule has 1 saturated heterocycles. The number of benzene rings is 2. The van der Waals surface area contributed by atoms with Crippen LogP contribution in [0.3, 0.4) is 0 Å². The number of likely N-dealkylation sites (N-methyl/N-ethyl adjacent to an activating group) is 1. The molecule has 2 aromatic rings. The summed E-state index contributed by atoms with van der Waals surface area (Å²) < 4.78 is 27.8. The number of hydrogen-bond donors (Lipinski definition) is 1. The van der Waals surface area contributed by atoms with Crippen molar-refractivity contribution < 1.29 is 8.42 Å². The van der Waals surface area contributed by atoms with E-state index in [1.807, 2.05) is 38.1 Å². The minimum atomic E-state index is -3.51. The number of rotatable bonds is 5. The number of aryl methyl sites for hydroxylation is 2. The van der Waals surface area contributed by atoms with Crippen molar-refractivity contribution in [2.75, 3.05) is 38.1 Å². The molecule has 0 radical (unpaired) electrons. The number of sulfonamides is 1. The molecule has 0 atom stereocenters. The van der Waals surface area contributed by atoms with E-state index in [1.165, 1.54) is 5.69 Å². The summed E-state index contributed by atoms with van der Waals surface area (Å²) in [7, 11) is -1.37. The van der Waals surface area contributed by atoms with Crippen molar-refractivity contribution in [2.24, 2.45) is 0 Å². The molecule has 0 saturated carbocycles. The van der Waals surface area contributed by atoms with Crippen LogP contribution in [0.2, 0.25) is 0 Å². The second kappa shape index (κ2) is 7.78. The van der Waals surface area contributed by atoms with Gasteiger partial charge < -0.3 is 9.80 Å². The number of nitrogens with zero attached hydrogens (tertiary/aromatic N) is 2. The molecule has 26 heavy (non-hydrogen) atoms. The van der Waals surface area contributed by atoms with Crippen LogP contribution in [-0.2, 0) is 16.6 Å². The molecule has 0 aromatic heterocycles. The van der Waals surface area contributed by atoms with Gasteiger partial charge in [-0.3, -0.25) is 0 Å². The van der Waals surface area contributed by atoms with Gasteiger partial charge in [-0.2, -0.15) is 0 Å². The molecule has 1 heterocycles. The summed E-state index contributed by atoms with van der Waals surface area (Å²) in [6, 6.07) is 13.5. The molecular formula is C20H27N3O2S. The average molecular weight is 374 g/mol. The molecule has 1 aliphatic rings. The molecule has 0 spiro atoms. The molecule has 0 bridgehead atoms. The van der Waals surface area contributed by atoms with E-state index in [4.69, 9.17) is 0 Å². The molecule has 140 valence electrons. The first kappa shape index (κ1) is 18.9. The first-order chi connectivity index (χ1) is 12.3. The molecule has 0 aliphatic carbocycles. The molecule has 0 amide bonds. The Bertz CT molecular complexity index is 855. The highest BCUT2D eigenvalue weighted by molar-refractivity contribution is 7.89. The highest BCUT2D eigenvalue weighted by atomic mass is 32.2. The standard InChI is InChI=1S/C20H27N3O2S/c1-16-4-9-20(17(2)14-16)26(24,25)21-15-18-5-7-19(8-6-18)23-12-10-22(3)11-13-23/h4-9,14,21H,10-13,15H2,1-3H3. The Kier molecular flexibility index (Phi) is 5.65. The van der Waals surface area contributed by atoms with Gasteiger partial charge in [0, 0.05) is 38.4 Å². The first-order valence-corrected chi connectivity index (χ1v) is 10.4. The molecule has 5 nitrogen and oxygen atoms in total. The Hall–Kier alpha value is -1.89. The summed E-state index contributed by atoms with van der Waals surface area (Å²) in [5.41, 5.74) is 3.97. The van der Waals surface area contributed by atoms with E-state index in [9.17, 15) is 8.42 Å². The van der Waals surface area contributed by atoms with Gasteiger partial charge in [-0.05, 0) is 50.2 Å². The van der Waals surface area contributed by atoms with Crippen LogP contribution in [0.25, 0.3) is 0 Å². The van der Waals surface area contributed by atoms with Crippen molar-refractivity contribution in [2.45, 2.75) is 25.3 Å². The molecular weight excluding hydrogens is 346 g/mol. The smallest absolute Gasteiger partial charge is 0.241 e. The second-order valence-corrected chi connectivity index (χ2v) is 8.79. The lowest BCUT2D eigenvalue weighted by molar-refractivity contribution is 0.313. The van der Waals surface area contributed by atoms with Gasteiger partial charge in [0.25, 0.3) is 0 Å². The van der Waals surface area contributed by atoms with Crippen LogP contribution in [0.1, 0.15) is 16.7 Å². The van der Waals surface area contributed by atoms with Gasteiger partial charge in [-0.1, -0.05) is 29.8 Å². The average Bonchev–Trinajstić information content (AvgIpc) is 2.61. The van der Waals surface area contributed by atoms with E-state index in [0.717, 1.165) is 42.9 Å². The Morgan fingerprint density at radius 2 is 1.62 bits per heavy atom. The summed E-state index contributed by atoms with van der Waals surface area (Å²) in [5, 5.41) is 0. The van der Waals surface area contributed by atoms with Gasteiger partial charge in [0.05, 0.1) is 4.90 Å². The van der Waals surface area contributed by atoms with Crippen LogP contribution in [0.4, 0.5) is 5.69 Å². The third-order valence-corrected chi connectivity index (χ3v) is 6.45. The Morgan fingerprint density at radius 1 is 0.962 bits per heavy atom. The maximum atomic E-state index is 12.6. The molecule has 1 N–H and O–H groups in total. The largest absolute Gasteiger partial charge is 0.369 e. The van der Waals surface area contributed by atoms with Crippen molar-refractivity contribution in [1.29, 1.82) is 0 Å². The van der Waals surface area contributed by atoms with Crippen molar-refractivity contribution in [3.05, 3.63) is 59.2 Å². The first-order valence-electron chi connectivity index (χ1n) is 8.94. The summed E-state index contributed by atoms with van der Waals surface area (Å²) in [6.45, 7) is 8.25. The van der Waals surface area contributed by atoms with Gasteiger partial charge in [-0.15, -0.1) is 0 Å². The fourth-order valence-corrected chi connectivity index (χ4v) is 4.49. The topological polar surface area (TPSA) is 52.7 Å². The molecule has 0 unspecified atom stereocenters. The van der Waals surface area contributed by atoms with E-state index in [1.54, 1.807) is 6.07 Å². The van der Waals surface area contributed by atoms with Gasteiger partial charge in [0.1, 0.15) is 0 Å². The lowest BCUT2D eigenvalue weighted by atomic mass is 10.2. The van der Waals surface area contributed by atoms with Crippen LogP contribution >= 0.6 is 0 Å². The Balaban J connectivity index is 1.64. The lowest BCUT2D eigenvalue weighted by Gasteiger charge is -2.34. The van der Waals surface area contributed by atoms with E-state index in [0.29, 0.717) is 11.4 Å². The van der Waals surface area contributed by atoms with Crippen molar-refractivity contribution in [3.63, 3.8) is 0 Å². The van der Waals surface area contributed by atoms with Gasteiger partial charge in [0.2, 0.25) is 10.0 Å². The summed E-state index contributed by atoms with van der Waals surface area (Å²) in [5.74, 6) is 0. The molecule has 6 heteroatoms. The maximum Gasteiger partial charge on any atom is 0.241 e. The lowest BCUT2D eigenvalue weighted by Crippen LogP contribution is -2.44. The quantitative estimate of drug-likeness (QED) is 0.875. The third kappa shape index (κ3) is 4.44. The number of anilines is 1. The number of piperazine rings is 1. The van der Waals surface area contributed by atoms with Crippen molar-refractivity contribution in [3.8, 4) is 0 Å². The van der Waals surface area contributed by atoms with Crippen LogP contribution in [0, 0.1) is 13.8 Å². The predicted octanol–water partition coefficient (Wildman–Crippen LogP) is 2.53. The van der Waals surface area contributed by atoms with Gasteiger partial charge in [0.15, 0.2) is 0 Å². The van der Waals surface area contributed by atoms with Crippen LogP contribution < -0.4 is 9.62 Å². The van der Waals surface area contributed by atoms with Crippen LogP contribution in [0.5, 0.6) is 0 Å². The molecule has 1 fully saturated rings. The van der Waals surface area contributed by atoms with Gasteiger partial charge in [-0.25, -0.2) is 13.1 Å². The Morgan fingerprint density at radius 3 is 2.23 bits per heavy atom. The SMILES string of the molecule is Cc1ccc(S(=O)(=O)NCc2ccc(N3CCN(C)CC3)cc2)c(C)c1. The summed E-state index contributed by atoms with van der Waals surface area (Å²) in [6.07, 6.45) is 0. The minimum Gasteiger partial charge on any atom is -0.369 e. The summed E-state index contributed by atoms with van der Waals surface area (Å²) in [4.78, 5) is 5.04. The minimum absolute atomic E-state index is 0.290. The van der Waals surface area contributed by atoms with E-state index >= 15 is 0 Å². The van der Waals surface area contributed by atoms with Gasteiger partial charge >= 0.3 is 0 Å². The third-order valence-electron chi connectivity index (χ3n) is 4.89. The molecule has 1 aliphatic heterocycles.